The average Bonchev–Trinajstić information content (AvgIpc) is 2.31. The summed E-state index contributed by atoms with van der Waals surface area (Å²) in [6, 6.07) is 0. The smallest absolute Gasteiger partial charge is 0.361 e. The van der Waals surface area contributed by atoms with Crippen molar-refractivity contribution in [3.8, 4) is 0 Å². The Morgan fingerprint density at radius 1 is 1.62 bits per heavy atom. The molecule has 0 unspecified atom stereocenters. The van der Waals surface area contributed by atoms with Crippen LogP contribution in [0, 0.1) is 0 Å². The van der Waals surface area contributed by atoms with Gasteiger partial charge in [0.15, 0.2) is 0 Å². The lowest BCUT2D eigenvalue weighted by molar-refractivity contribution is -0.195. The Kier molecular flexibility index (Phi) is 2.21. The zero-order valence-electron chi connectivity index (χ0n) is 6.68. The van der Waals surface area contributed by atoms with Crippen LogP contribution < -0.4 is 0 Å². The number of hydrogen-bond acceptors (Lipinski definition) is 4. The van der Waals surface area contributed by atoms with Gasteiger partial charge in [0, 0.05) is 6.92 Å². The van der Waals surface area contributed by atoms with E-state index in [0.29, 0.717) is 0 Å². The first-order chi connectivity index (χ1) is 6.06. The van der Waals surface area contributed by atoms with Gasteiger partial charge in [0.2, 0.25) is 0 Å². The molecule has 1 rings (SSSR count). The summed E-state index contributed by atoms with van der Waals surface area (Å²) in [6.07, 6.45) is -0.359. The monoisotopic (exact) mass is 183 g/mol. The second-order valence-corrected chi connectivity index (χ2v) is 2.30. The quantitative estimate of drug-likeness (QED) is 0.292. The average molecular weight is 183 g/mol. The molecular formula is C6H5N3O4. The molecule has 68 valence electrons. The number of nitrogens with zero attached hydrogens (tertiary/aromatic N) is 3. The maximum Gasteiger partial charge on any atom is 0.372 e. The predicted molar refractivity (Wildman–Crippen MR) is 36.9 cm³/mol. The van der Waals surface area contributed by atoms with Crippen LogP contribution in [0.15, 0.2) is 0 Å². The summed E-state index contributed by atoms with van der Waals surface area (Å²) in [4.78, 5) is 39.2. The highest BCUT2D eigenvalue weighted by Gasteiger charge is 2.44. The van der Waals surface area contributed by atoms with Crippen molar-refractivity contribution in [2.24, 2.45) is 0 Å². The topological polar surface area (TPSA) is 100 Å². The Morgan fingerprint density at radius 2 is 2.23 bits per heavy atom. The number of rotatable bonds is 1. The fourth-order valence-corrected chi connectivity index (χ4v) is 0.820. The summed E-state index contributed by atoms with van der Waals surface area (Å²) >= 11 is 0. The summed E-state index contributed by atoms with van der Waals surface area (Å²) in [5.41, 5.74) is 7.91. The fourth-order valence-electron chi connectivity index (χ4n) is 0.820. The molecule has 0 saturated carbocycles. The predicted octanol–water partition coefficient (Wildman–Crippen LogP) is -1.11. The Balaban J connectivity index is 2.88. The number of imide groups is 1. The molecule has 1 heterocycles. The van der Waals surface area contributed by atoms with Crippen molar-refractivity contribution in [2.75, 3.05) is 0 Å². The van der Waals surface area contributed by atoms with Gasteiger partial charge in [-0.25, -0.2) is 4.79 Å². The first-order valence-electron chi connectivity index (χ1n) is 3.33. The van der Waals surface area contributed by atoms with Crippen LogP contribution in [-0.2, 0) is 19.2 Å². The van der Waals surface area contributed by atoms with Gasteiger partial charge < -0.3 is 10.4 Å². The van der Waals surface area contributed by atoms with E-state index in [1.165, 1.54) is 0 Å². The second-order valence-electron chi connectivity index (χ2n) is 2.30. The van der Waals surface area contributed by atoms with Crippen LogP contribution in [0.3, 0.4) is 0 Å². The zero-order chi connectivity index (χ0) is 10.0. The van der Waals surface area contributed by atoms with Crippen molar-refractivity contribution in [1.82, 2.24) is 5.06 Å². The van der Waals surface area contributed by atoms with Crippen molar-refractivity contribution in [2.45, 2.75) is 13.3 Å². The van der Waals surface area contributed by atoms with Gasteiger partial charge in [-0.1, -0.05) is 5.06 Å². The molecule has 0 spiro atoms. The summed E-state index contributed by atoms with van der Waals surface area (Å²) in [5, 5.41) is 0.275. The van der Waals surface area contributed by atoms with Crippen molar-refractivity contribution in [3.05, 3.63) is 5.53 Å². The van der Waals surface area contributed by atoms with E-state index in [1.54, 1.807) is 0 Å². The molecule has 0 N–H and O–H groups in total. The van der Waals surface area contributed by atoms with Crippen LogP contribution >= 0.6 is 0 Å². The second kappa shape index (κ2) is 3.16. The number of hydroxylamine groups is 2. The third-order valence-electron chi connectivity index (χ3n) is 1.32. The molecule has 13 heavy (non-hydrogen) atoms. The molecule has 0 aromatic carbocycles. The first-order valence-corrected chi connectivity index (χ1v) is 3.33. The molecule has 0 radical (unpaired) electrons. The van der Waals surface area contributed by atoms with Gasteiger partial charge in [0.05, 0.1) is 0 Å². The Labute approximate surface area is 72.5 Å². The number of carbonyl (C=O) groups excluding carboxylic acids is 3. The third-order valence-corrected chi connectivity index (χ3v) is 1.32. The molecule has 0 aromatic rings. The van der Waals surface area contributed by atoms with Gasteiger partial charge in [0.25, 0.3) is 5.91 Å². The first kappa shape index (κ1) is 9.08. The highest BCUT2D eigenvalue weighted by molar-refractivity contribution is 6.46. The van der Waals surface area contributed by atoms with E-state index in [1.807, 2.05) is 0 Å². The van der Waals surface area contributed by atoms with E-state index in [4.69, 9.17) is 5.53 Å². The van der Waals surface area contributed by atoms with Crippen molar-refractivity contribution in [1.29, 1.82) is 0 Å². The molecule has 0 bridgehead atoms. The normalized spacial score (nSPS) is 16.1. The number of carbonyl (C=O) groups is 3. The van der Waals surface area contributed by atoms with E-state index in [-0.39, 0.29) is 17.2 Å². The summed E-state index contributed by atoms with van der Waals surface area (Å²) in [5.74, 6) is -2.43. The minimum atomic E-state index is -0.914. The number of amides is 2. The lowest BCUT2D eigenvalue weighted by atomic mass is 10.3. The van der Waals surface area contributed by atoms with Crippen molar-refractivity contribution < 1.29 is 24.0 Å². The fraction of sp³-hybridized carbons (Fsp3) is 0.333. The molecule has 7 nitrogen and oxygen atoms in total. The van der Waals surface area contributed by atoms with Gasteiger partial charge in [-0.15, -0.1) is 0 Å². The zero-order valence-corrected chi connectivity index (χ0v) is 6.68. The van der Waals surface area contributed by atoms with E-state index < -0.39 is 17.8 Å². The lowest BCUT2D eigenvalue weighted by Gasteiger charge is -2.07. The molecule has 1 fully saturated rings. The van der Waals surface area contributed by atoms with E-state index in [0.717, 1.165) is 6.92 Å². The van der Waals surface area contributed by atoms with Crippen LogP contribution in [0.1, 0.15) is 13.3 Å². The summed E-state index contributed by atoms with van der Waals surface area (Å²) in [6.45, 7) is 1.05. The Morgan fingerprint density at radius 3 is 2.62 bits per heavy atom. The van der Waals surface area contributed by atoms with Crippen LogP contribution in [0.2, 0.25) is 0 Å². The van der Waals surface area contributed by atoms with Gasteiger partial charge >= 0.3 is 17.6 Å². The molecule has 0 aromatic heterocycles. The van der Waals surface area contributed by atoms with E-state index in [2.05, 4.69) is 9.63 Å². The van der Waals surface area contributed by atoms with Crippen molar-refractivity contribution >= 4 is 23.5 Å². The molecule has 2 amide bonds. The van der Waals surface area contributed by atoms with Gasteiger partial charge in [-0.3, -0.25) is 9.59 Å². The highest BCUT2D eigenvalue weighted by atomic mass is 16.7. The van der Waals surface area contributed by atoms with Crippen LogP contribution in [0.25, 0.3) is 5.53 Å². The molecular weight excluding hydrogens is 178 g/mol. The molecule has 0 aliphatic carbocycles. The summed E-state index contributed by atoms with van der Waals surface area (Å²) in [7, 11) is 0. The highest BCUT2D eigenvalue weighted by Crippen LogP contribution is 2.08. The van der Waals surface area contributed by atoms with Gasteiger partial charge in [-0.05, 0) is 0 Å². The van der Waals surface area contributed by atoms with E-state index >= 15 is 0 Å². The third kappa shape index (κ3) is 1.60. The van der Waals surface area contributed by atoms with Crippen LogP contribution in [0.5, 0.6) is 0 Å². The molecule has 1 aliphatic heterocycles. The standard InChI is InChI=1S/C6H5N3O4/c1-3(10)13-9-5(11)2-4(8-7)6(9)12/h2H2,1H3. The maximum atomic E-state index is 11.0. The molecule has 1 saturated heterocycles. The molecule has 0 atom stereocenters. The minimum Gasteiger partial charge on any atom is -0.361 e. The van der Waals surface area contributed by atoms with Gasteiger partial charge in [-0.2, -0.15) is 4.79 Å². The molecule has 1 aliphatic rings. The molecule has 7 heteroatoms. The Bertz CT molecular complexity index is 342. The lowest BCUT2D eigenvalue weighted by Crippen LogP contribution is -2.32. The van der Waals surface area contributed by atoms with Crippen molar-refractivity contribution in [3.63, 3.8) is 0 Å². The maximum absolute atomic E-state index is 11.0. The van der Waals surface area contributed by atoms with Crippen LogP contribution in [0.4, 0.5) is 0 Å². The minimum absolute atomic E-state index is 0.275. The SMILES string of the molecule is CC(=O)ON1C(=O)CC(=[N+]=[N-])C1=O. The van der Waals surface area contributed by atoms with Crippen LogP contribution in [-0.4, -0.2) is 33.3 Å². The largest absolute Gasteiger partial charge is 0.372 e. The van der Waals surface area contributed by atoms with E-state index in [9.17, 15) is 14.4 Å². The number of hydrogen-bond donors (Lipinski definition) is 0. The Hall–Kier alpha value is -2.01. The van der Waals surface area contributed by atoms with Gasteiger partial charge in [0.1, 0.15) is 6.42 Å². The summed E-state index contributed by atoms with van der Waals surface area (Å²) < 4.78 is 0.